The minimum atomic E-state index is -0.269. The second kappa shape index (κ2) is 3.86. The normalized spacial score (nSPS) is 21.9. The molecule has 2 atom stereocenters. The number of para-hydroxylation sites is 1. The molecule has 0 bridgehead atoms. The standard InChI is InChI=1S/C13H19NO/c1-9(2)14-8-12(10(3)15)11-6-4-5-7-13(11)14/h4-7,9-10,12,15H,8H2,1-3H3. The van der Waals surface area contributed by atoms with E-state index in [1.54, 1.807) is 0 Å². The van der Waals surface area contributed by atoms with Crippen molar-refractivity contribution in [1.82, 2.24) is 0 Å². The summed E-state index contributed by atoms with van der Waals surface area (Å²) in [5.74, 6) is 0.267. The fourth-order valence-corrected chi connectivity index (χ4v) is 2.37. The van der Waals surface area contributed by atoms with Gasteiger partial charge in [-0.05, 0) is 32.4 Å². The third-order valence-corrected chi connectivity index (χ3v) is 3.24. The van der Waals surface area contributed by atoms with Crippen molar-refractivity contribution in [2.45, 2.75) is 38.8 Å². The molecule has 0 saturated heterocycles. The van der Waals surface area contributed by atoms with Gasteiger partial charge in [0.15, 0.2) is 0 Å². The zero-order valence-electron chi connectivity index (χ0n) is 9.64. The van der Waals surface area contributed by atoms with Crippen LogP contribution in [0.3, 0.4) is 0 Å². The number of anilines is 1. The molecule has 82 valence electrons. The Labute approximate surface area is 91.5 Å². The number of aliphatic hydroxyl groups excluding tert-OH is 1. The lowest BCUT2D eigenvalue weighted by atomic mass is 9.97. The molecule has 0 spiro atoms. The molecule has 2 nitrogen and oxygen atoms in total. The molecule has 0 amide bonds. The van der Waals surface area contributed by atoms with Gasteiger partial charge in [0.25, 0.3) is 0 Å². The number of aliphatic hydroxyl groups is 1. The lowest BCUT2D eigenvalue weighted by molar-refractivity contribution is 0.167. The molecule has 2 unspecified atom stereocenters. The van der Waals surface area contributed by atoms with Crippen molar-refractivity contribution >= 4 is 5.69 Å². The van der Waals surface area contributed by atoms with Gasteiger partial charge in [-0.15, -0.1) is 0 Å². The molecule has 2 rings (SSSR count). The Kier molecular flexibility index (Phi) is 2.70. The first kappa shape index (κ1) is 10.5. The van der Waals surface area contributed by atoms with Gasteiger partial charge in [-0.3, -0.25) is 0 Å². The molecule has 1 heterocycles. The van der Waals surface area contributed by atoms with Gasteiger partial charge in [-0.1, -0.05) is 18.2 Å². The van der Waals surface area contributed by atoms with Gasteiger partial charge in [0.2, 0.25) is 0 Å². The first-order chi connectivity index (χ1) is 7.11. The van der Waals surface area contributed by atoms with E-state index in [4.69, 9.17) is 0 Å². The van der Waals surface area contributed by atoms with Crippen LogP contribution in [0.4, 0.5) is 5.69 Å². The van der Waals surface area contributed by atoms with E-state index in [2.05, 4.69) is 43.0 Å². The summed E-state index contributed by atoms with van der Waals surface area (Å²) in [7, 11) is 0. The van der Waals surface area contributed by atoms with Crippen LogP contribution in [0.15, 0.2) is 24.3 Å². The Bertz CT molecular complexity index is 313. The van der Waals surface area contributed by atoms with Crippen LogP contribution in [0.2, 0.25) is 0 Å². The minimum Gasteiger partial charge on any atom is -0.393 e. The van der Waals surface area contributed by atoms with Crippen molar-refractivity contribution in [3.8, 4) is 0 Å². The fraction of sp³-hybridized carbons (Fsp3) is 0.538. The van der Waals surface area contributed by atoms with Crippen LogP contribution in [0.25, 0.3) is 0 Å². The van der Waals surface area contributed by atoms with Crippen molar-refractivity contribution < 1.29 is 5.11 Å². The van der Waals surface area contributed by atoms with Crippen LogP contribution >= 0.6 is 0 Å². The van der Waals surface area contributed by atoms with Crippen molar-refractivity contribution in [3.05, 3.63) is 29.8 Å². The Morgan fingerprint density at radius 2 is 1.93 bits per heavy atom. The second-order valence-electron chi connectivity index (χ2n) is 4.65. The number of benzene rings is 1. The molecule has 1 N–H and O–H groups in total. The summed E-state index contributed by atoms with van der Waals surface area (Å²) in [6.07, 6.45) is -0.269. The molecule has 0 aliphatic carbocycles. The maximum absolute atomic E-state index is 9.77. The third-order valence-electron chi connectivity index (χ3n) is 3.24. The van der Waals surface area contributed by atoms with Crippen molar-refractivity contribution in [2.24, 2.45) is 0 Å². The SMILES string of the molecule is CC(O)C1CN(C(C)C)c2ccccc21. The van der Waals surface area contributed by atoms with Crippen LogP contribution in [-0.2, 0) is 0 Å². The summed E-state index contributed by atoms with van der Waals surface area (Å²) in [4.78, 5) is 2.37. The van der Waals surface area contributed by atoms with Crippen LogP contribution in [0, 0.1) is 0 Å². The molecule has 2 heteroatoms. The number of rotatable bonds is 2. The first-order valence-corrected chi connectivity index (χ1v) is 5.65. The molecular formula is C13H19NO. The maximum atomic E-state index is 9.77. The van der Waals surface area contributed by atoms with Gasteiger partial charge in [-0.25, -0.2) is 0 Å². The van der Waals surface area contributed by atoms with Crippen LogP contribution in [0.1, 0.15) is 32.3 Å². The number of hydrogen-bond acceptors (Lipinski definition) is 2. The Hall–Kier alpha value is -1.02. The quantitative estimate of drug-likeness (QED) is 0.801. The van der Waals surface area contributed by atoms with Crippen LogP contribution < -0.4 is 4.90 Å². The number of fused-ring (bicyclic) bond motifs is 1. The predicted octanol–water partition coefficient (Wildman–Crippen LogP) is 2.38. The van der Waals surface area contributed by atoms with E-state index < -0.39 is 0 Å². The minimum absolute atomic E-state index is 0.267. The Morgan fingerprint density at radius 3 is 2.53 bits per heavy atom. The van der Waals surface area contributed by atoms with E-state index in [1.165, 1.54) is 11.3 Å². The largest absolute Gasteiger partial charge is 0.393 e. The monoisotopic (exact) mass is 205 g/mol. The summed E-state index contributed by atoms with van der Waals surface area (Å²) in [6, 6.07) is 8.90. The molecule has 1 aromatic rings. The summed E-state index contributed by atoms with van der Waals surface area (Å²) < 4.78 is 0. The topological polar surface area (TPSA) is 23.5 Å². The molecule has 1 aromatic carbocycles. The van der Waals surface area contributed by atoms with E-state index in [0.717, 1.165) is 6.54 Å². The van der Waals surface area contributed by atoms with E-state index in [0.29, 0.717) is 6.04 Å². The van der Waals surface area contributed by atoms with E-state index in [-0.39, 0.29) is 12.0 Å². The van der Waals surface area contributed by atoms with Gasteiger partial charge in [-0.2, -0.15) is 0 Å². The van der Waals surface area contributed by atoms with E-state index in [1.807, 2.05) is 6.92 Å². The van der Waals surface area contributed by atoms with Gasteiger partial charge in [0, 0.05) is 24.2 Å². The van der Waals surface area contributed by atoms with E-state index >= 15 is 0 Å². The van der Waals surface area contributed by atoms with Gasteiger partial charge < -0.3 is 10.0 Å². The Morgan fingerprint density at radius 1 is 1.27 bits per heavy atom. The van der Waals surface area contributed by atoms with Gasteiger partial charge >= 0.3 is 0 Å². The summed E-state index contributed by atoms with van der Waals surface area (Å²) in [6.45, 7) is 7.21. The molecule has 0 fully saturated rings. The maximum Gasteiger partial charge on any atom is 0.0598 e. The lowest BCUT2D eigenvalue weighted by Gasteiger charge is -2.24. The molecule has 1 aliphatic rings. The average Bonchev–Trinajstić information content (AvgIpc) is 2.56. The summed E-state index contributed by atoms with van der Waals surface area (Å²) >= 11 is 0. The molecule has 0 radical (unpaired) electrons. The zero-order chi connectivity index (χ0) is 11.0. The van der Waals surface area contributed by atoms with Crippen molar-refractivity contribution in [1.29, 1.82) is 0 Å². The van der Waals surface area contributed by atoms with Crippen molar-refractivity contribution in [3.63, 3.8) is 0 Å². The third kappa shape index (κ3) is 1.74. The second-order valence-corrected chi connectivity index (χ2v) is 4.65. The molecular weight excluding hydrogens is 186 g/mol. The summed E-state index contributed by atoms with van der Waals surface area (Å²) in [5.41, 5.74) is 2.58. The van der Waals surface area contributed by atoms with Crippen LogP contribution in [-0.4, -0.2) is 23.8 Å². The van der Waals surface area contributed by atoms with Crippen LogP contribution in [0.5, 0.6) is 0 Å². The highest BCUT2D eigenvalue weighted by Crippen LogP contribution is 2.38. The average molecular weight is 205 g/mol. The highest BCUT2D eigenvalue weighted by Gasteiger charge is 2.32. The van der Waals surface area contributed by atoms with Crippen molar-refractivity contribution in [2.75, 3.05) is 11.4 Å². The number of nitrogens with zero attached hydrogens (tertiary/aromatic N) is 1. The zero-order valence-corrected chi connectivity index (χ0v) is 9.64. The predicted molar refractivity (Wildman–Crippen MR) is 63.3 cm³/mol. The van der Waals surface area contributed by atoms with Gasteiger partial charge in [0.1, 0.15) is 0 Å². The molecule has 15 heavy (non-hydrogen) atoms. The van der Waals surface area contributed by atoms with Gasteiger partial charge in [0.05, 0.1) is 6.10 Å². The Balaban J connectivity index is 2.39. The molecule has 0 saturated carbocycles. The fourth-order valence-electron chi connectivity index (χ4n) is 2.37. The highest BCUT2D eigenvalue weighted by atomic mass is 16.3. The highest BCUT2D eigenvalue weighted by molar-refractivity contribution is 5.61. The molecule has 0 aromatic heterocycles. The smallest absolute Gasteiger partial charge is 0.0598 e. The summed E-state index contributed by atoms with van der Waals surface area (Å²) in [5, 5.41) is 9.77. The lowest BCUT2D eigenvalue weighted by Crippen LogP contribution is -2.31. The number of hydrogen-bond donors (Lipinski definition) is 1. The first-order valence-electron chi connectivity index (χ1n) is 5.65. The van der Waals surface area contributed by atoms with E-state index in [9.17, 15) is 5.11 Å². The molecule has 1 aliphatic heterocycles.